The lowest BCUT2D eigenvalue weighted by atomic mass is 9.97. The van der Waals surface area contributed by atoms with Gasteiger partial charge in [-0.05, 0) is 24.6 Å². The Labute approximate surface area is 82.5 Å². The summed E-state index contributed by atoms with van der Waals surface area (Å²) in [6.45, 7) is 1.96. The standard InChI is InChI=1S/C10H12ClNO/c11-9-3-1-2-8(10(9)13)7-4-5-12-6-7/h1-3,7,12-13H,4-6H2. The molecule has 0 amide bonds. The Kier molecular flexibility index (Phi) is 2.42. The van der Waals surface area contributed by atoms with E-state index < -0.39 is 0 Å². The highest BCUT2D eigenvalue weighted by Crippen LogP contribution is 2.34. The van der Waals surface area contributed by atoms with Crippen LogP contribution in [0.2, 0.25) is 5.02 Å². The molecule has 70 valence electrons. The van der Waals surface area contributed by atoms with Crippen LogP contribution >= 0.6 is 11.6 Å². The minimum Gasteiger partial charge on any atom is -0.506 e. The average molecular weight is 198 g/mol. The van der Waals surface area contributed by atoms with E-state index in [9.17, 15) is 5.11 Å². The predicted octanol–water partition coefficient (Wildman–Crippen LogP) is 2.12. The van der Waals surface area contributed by atoms with Crippen LogP contribution in [0.25, 0.3) is 0 Å². The fourth-order valence-corrected chi connectivity index (χ4v) is 1.96. The quantitative estimate of drug-likeness (QED) is 0.723. The van der Waals surface area contributed by atoms with Gasteiger partial charge >= 0.3 is 0 Å². The Morgan fingerprint density at radius 3 is 3.00 bits per heavy atom. The van der Waals surface area contributed by atoms with Crippen LogP contribution in [0.15, 0.2) is 18.2 Å². The monoisotopic (exact) mass is 197 g/mol. The minimum absolute atomic E-state index is 0.248. The molecular formula is C10H12ClNO. The summed E-state index contributed by atoms with van der Waals surface area (Å²) < 4.78 is 0. The summed E-state index contributed by atoms with van der Waals surface area (Å²) in [4.78, 5) is 0. The molecule has 0 bridgehead atoms. The molecule has 0 saturated carbocycles. The molecule has 3 heteroatoms. The summed E-state index contributed by atoms with van der Waals surface area (Å²) in [5.74, 6) is 0.663. The lowest BCUT2D eigenvalue weighted by molar-refractivity contribution is 0.463. The Balaban J connectivity index is 2.33. The summed E-state index contributed by atoms with van der Waals surface area (Å²) in [6, 6.07) is 5.54. The van der Waals surface area contributed by atoms with Gasteiger partial charge in [0.2, 0.25) is 0 Å². The normalized spacial score (nSPS) is 22.1. The van der Waals surface area contributed by atoms with Crippen LogP contribution in [0.5, 0.6) is 5.75 Å². The molecule has 0 aliphatic carbocycles. The van der Waals surface area contributed by atoms with Crippen molar-refractivity contribution in [3.05, 3.63) is 28.8 Å². The number of para-hydroxylation sites is 1. The molecule has 1 atom stereocenters. The molecule has 0 radical (unpaired) electrons. The van der Waals surface area contributed by atoms with E-state index in [0.717, 1.165) is 25.1 Å². The van der Waals surface area contributed by atoms with Gasteiger partial charge in [-0.15, -0.1) is 0 Å². The molecule has 0 spiro atoms. The highest BCUT2D eigenvalue weighted by molar-refractivity contribution is 6.32. The molecule has 2 nitrogen and oxygen atoms in total. The van der Waals surface area contributed by atoms with Gasteiger partial charge in [-0.25, -0.2) is 0 Å². The first-order valence-corrected chi connectivity index (χ1v) is 4.85. The third-order valence-electron chi connectivity index (χ3n) is 2.52. The molecule has 0 aromatic heterocycles. The second kappa shape index (κ2) is 3.56. The number of hydrogen-bond acceptors (Lipinski definition) is 2. The maximum absolute atomic E-state index is 9.70. The van der Waals surface area contributed by atoms with Crippen molar-refractivity contribution in [2.45, 2.75) is 12.3 Å². The van der Waals surface area contributed by atoms with E-state index in [1.807, 2.05) is 12.1 Å². The van der Waals surface area contributed by atoms with Gasteiger partial charge < -0.3 is 10.4 Å². The van der Waals surface area contributed by atoms with Crippen LogP contribution in [0, 0.1) is 0 Å². The van der Waals surface area contributed by atoms with Gasteiger partial charge in [-0.3, -0.25) is 0 Å². The lowest BCUT2D eigenvalue weighted by Crippen LogP contribution is -2.08. The Hall–Kier alpha value is -0.730. The minimum atomic E-state index is 0.248. The molecule has 1 aromatic carbocycles. The van der Waals surface area contributed by atoms with Crippen LogP contribution in [-0.4, -0.2) is 18.2 Å². The number of phenols is 1. The van der Waals surface area contributed by atoms with Crippen molar-refractivity contribution >= 4 is 11.6 Å². The van der Waals surface area contributed by atoms with Crippen molar-refractivity contribution in [1.82, 2.24) is 5.32 Å². The van der Waals surface area contributed by atoms with Gasteiger partial charge in [0.25, 0.3) is 0 Å². The van der Waals surface area contributed by atoms with Gasteiger partial charge in [-0.1, -0.05) is 23.7 Å². The summed E-state index contributed by atoms with van der Waals surface area (Å²) >= 11 is 5.82. The van der Waals surface area contributed by atoms with Gasteiger partial charge in [0.05, 0.1) is 5.02 Å². The van der Waals surface area contributed by atoms with E-state index in [0.29, 0.717) is 10.9 Å². The van der Waals surface area contributed by atoms with E-state index in [4.69, 9.17) is 11.6 Å². The predicted molar refractivity (Wildman–Crippen MR) is 53.3 cm³/mol. The SMILES string of the molecule is Oc1c(Cl)cccc1C1CCNC1. The summed E-state index contributed by atoms with van der Waals surface area (Å²) in [7, 11) is 0. The van der Waals surface area contributed by atoms with Crippen molar-refractivity contribution in [3.63, 3.8) is 0 Å². The average Bonchev–Trinajstić information content (AvgIpc) is 2.62. The van der Waals surface area contributed by atoms with Crippen molar-refractivity contribution in [2.75, 3.05) is 13.1 Å². The fraction of sp³-hybridized carbons (Fsp3) is 0.400. The Bertz CT molecular complexity index is 308. The van der Waals surface area contributed by atoms with E-state index in [2.05, 4.69) is 5.32 Å². The highest BCUT2D eigenvalue weighted by atomic mass is 35.5. The smallest absolute Gasteiger partial charge is 0.137 e. The van der Waals surface area contributed by atoms with Crippen LogP contribution in [0.1, 0.15) is 17.9 Å². The Morgan fingerprint density at radius 2 is 2.31 bits per heavy atom. The summed E-state index contributed by atoms with van der Waals surface area (Å²) in [6.07, 6.45) is 1.08. The molecule has 1 heterocycles. The topological polar surface area (TPSA) is 32.3 Å². The number of aromatic hydroxyl groups is 1. The molecule has 1 aromatic rings. The lowest BCUT2D eigenvalue weighted by Gasteiger charge is -2.11. The molecule has 13 heavy (non-hydrogen) atoms. The fourth-order valence-electron chi connectivity index (χ4n) is 1.78. The van der Waals surface area contributed by atoms with Crippen molar-refractivity contribution < 1.29 is 5.11 Å². The number of halogens is 1. The first-order valence-electron chi connectivity index (χ1n) is 4.47. The second-order valence-corrected chi connectivity index (χ2v) is 3.77. The van der Waals surface area contributed by atoms with Crippen LogP contribution < -0.4 is 5.32 Å². The molecule has 1 aliphatic heterocycles. The van der Waals surface area contributed by atoms with Gasteiger partial charge in [-0.2, -0.15) is 0 Å². The van der Waals surface area contributed by atoms with Gasteiger partial charge in [0.15, 0.2) is 0 Å². The zero-order valence-electron chi connectivity index (χ0n) is 7.26. The summed E-state index contributed by atoms with van der Waals surface area (Å²) in [5, 5.41) is 13.4. The zero-order chi connectivity index (χ0) is 9.26. The number of nitrogens with one attached hydrogen (secondary N) is 1. The molecule has 1 fully saturated rings. The molecule has 1 saturated heterocycles. The second-order valence-electron chi connectivity index (χ2n) is 3.37. The molecule has 1 unspecified atom stereocenters. The molecule has 1 aliphatic rings. The molecule has 2 rings (SSSR count). The van der Waals surface area contributed by atoms with E-state index in [1.165, 1.54) is 0 Å². The maximum Gasteiger partial charge on any atom is 0.137 e. The zero-order valence-corrected chi connectivity index (χ0v) is 8.01. The Morgan fingerprint density at radius 1 is 1.46 bits per heavy atom. The van der Waals surface area contributed by atoms with Gasteiger partial charge in [0, 0.05) is 12.5 Å². The number of phenolic OH excluding ortho intramolecular Hbond substituents is 1. The molecular weight excluding hydrogens is 186 g/mol. The van der Waals surface area contributed by atoms with Crippen molar-refractivity contribution in [1.29, 1.82) is 0 Å². The van der Waals surface area contributed by atoms with Gasteiger partial charge in [0.1, 0.15) is 5.75 Å². The van der Waals surface area contributed by atoms with Crippen LogP contribution in [0.3, 0.4) is 0 Å². The van der Waals surface area contributed by atoms with E-state index >= 15 is 0 Å². The highest BCUT2D eigenvalue weighted by Gasteiger charge is 2.20. The molecule has 2 N–H and O–H groups in total. The first-order chi connectivity index (χ1) is 6.29. The number of hydrogen-bond donors (Lipinski definition) is 2. The van der Waals surface area contributed by atoms with E-state index in [1.54, 1.807) is 6.07 Å². The number of rotatable bonds is 1. The largest absolute Gasteiger partial charge is 0.506 e. The van der Waals surface area contributed by atoms with Crippen LogP contribution in [0.4, 0.5) is 0 Å². The van der Waals surface area contributed by atoms with Crippen molar-refractivity contribution in [3.8, 4) is 5.75 Å². The maximum atomic E-state index is 9.70. The van der Waals surface area contributed by atoms with E-state index in [-0.39, 0.29) is 5.75 Å². The van der Waals surface area contributed by atoms with Crippen LogP contribution in [-0.2, 0) is 0 Å². The third-order valence-corrected chi connectivity index (χ3v) is 2.82. The third kappa shape index (κ3) is 1.64. The number of benzene rings is 1. The summed E-state index contributed by atoms with van der Waals surface area (Å²) in [5.41, 5.74) is 0.970. The first kappa shape index (κ1) is 8.85. The van der Waals surface area contributed by atoms with Crippen molar-refractivity contribution in [2.24, 2.45) is 0 Å².